The predicted molar refractivity (Wildman–Crippen MR) is 155 cm³/mol. The first-order valence-corrected chi connectivity index (χ1v) is 15.6. The van der Waals surface area contributed by atoms with Crippen LogP contribution in [0.2, 0.25) is 0 Å². The van der Waals surface area contributed by atoms with Crippen LogP contribution in [0.1, 0.15) is 79.1 Å². The number of fused-ring (bicyclic) bond motifs is 4. The molecule has 0 radical (unpaired) electrons. The van der Waals surface area contributed by atoms with Gasteiger partial charge in [-0.25, -0.2) is 9.78 Å². The molecule has 6 unspecified atom stereocenters. The van der Waals surface area contributed by atoms with Crippen LogP contribution >= 0.6 is 0 Å². The van der Waals surface area contributed by atoms with Crippen LogP contribution < -0.4 is 0 Å². The molecule has 0 amide bonds. The van der Waals surface area contributed by atoms with E-state index in [2.05, 4.69) is 19.6 Å². The van der Waals surface area contributed by atoms with Crippen molar-refractivity contribution >= 4 is 5.78 Å². The van der Waals surface area contributed by atoms with E-state index in [-0.39, 0.29) is 5.57 Å². The number of epoxide rings is 1. The van der Waals surface area contributed by atoms with E-state index >= 15 is 0 Å². The minimum absolute atomic E-state index is 0.248. The molecule has 0 aromatic carbocycles. The third-order valence-corrected chi connectivity index (χ3v) is 10.7. The molecule has 6 rings (SSSR count). The molecule has 3 heterocycles. The second-order valence-electron chi connectivity index (χ2n) is 13.1. The molecule has 11 atom stereocenters. The van der Waals surface area contributed by atoms with Gasteiger partial charge in [-0.3, -0.25) is 4.79 Å². The topological polar surface area (TPSA) is 138 Å². The number of allylic oxidation sites excluding steroid dienone is 3. The minimum Gasteiger partial charge on any atom is -0.494 e. The quantitative estimate of drug-likeness (QED) is 0.0635. The van der Waals surface area contributed by atoms with Crippen molar-refractivity contribution in [1.82, 2.24) is 0 Å². The first-order valence-electron chi connectivity index (χ1n) is 15.6. The molecule has 6 aliphatic rings. The molecule has 1 spiro atoms. The molecule has 3 aliphatic carbocycles. The third kappa shape index (κ3) is 4.26. The molecule has 9 nitrogen and oxygen atoms in total. The van der Waals surface area contributed by atoms with E-state index in [0.29, 0.717) is 5.57 Å². The maximum Gasteiger partial charge on any atom is 0.193 e. The summed E-state index contributed by atoms with van der Waals surface area (Å²) < 4.78 is 12.4. The van der Waals surface area contributed by atoms with Gasteiger partial charge in [0.25, 0.3) is 0 Å². The lowest BCUT2D eigenvalue weighted by Gasteiger charge is -2.65. The molecule has 9 heteroatoms. The maximum absolute atomic E-state index is 13.4. The Kier molecular flexibility index (Phi) is 8.70. The van der Waals surface area contributed by atoms with Crippen molar-refractivity contribution in [1.29, 1.82) is 0 Å². The molecule has 4 N–H and O–H groups in total. The van der Waals surface area contributed by atoms with Crippen LogP contribution in [0.15, 0.2) is 48.3 Å². The molecule has 0 aromatic rings. The second kappa shape index (κ2) is 11.6. The fraction of sp³-hybridized carbons (Fsp3) is 0.727. The number of ketones is 1. The Morgan fingerprint density at radius 1 is 1.12 bits per heavy atom. The highest BCUT2D eigenvalue weighted by molar-refractivity contribution is 6.05. The molecule has 2 bridgehead atoms. The number of hydrogen-bond acceptors (Lipinski definition) is 9. The van der Waals surface area contributed by atoms with E-state index in [1.165, 1.54) is 44.8 Å². The van der Waals surface area contributed by atoms with E-state index in [4.69, 9.17) is 19.2 Å². The van der Waals surface area contributed by atoms with Crippen molar-refractivity contribution in [2.75, 3.05) is 6.61 Å². The van der Waals surface area contributed by atoms with Crippen LogP contribution in [-0.2, 0) is 24.0 Å². The Hall–Kier alpha value is -1.85. The highest BCUT2D eigenvalue weighted by Crippen LogP contribution is 2.69. The molecule has 234 valence electrons. The summed E-state index contributed by atoms with van der Waals surface area (Å²) in [5.41, 5.74) is -6.28. The smallest absolute Gasteiger partial charge is 0.193 e. The molecule has 2 saturated carbocycles. The van der Waals surface area contributed by atoms with Crippen LogP contribution in [0.5, 0.6) is 0 Å². The van der Waals surface area contributed by atoms with Gasteiger partial charge in [-0.15, -0.1) is 0 Å². The molecular weight excluding hydrogens is 540 g/mol. The Morgan fingerprint density at radius 3 is 2.48 bits per heavy atom. The van der Waals surface area contributed by atoms with E-state index in [9.17, 15) is 25.2 Å². The normalized spacial score (nSPS) is 45.5. The Balaban J connectivity index is 1.42. The Morgan fingerprint density at radius 2 is 1.81 bits per heavy atom. The number of Topliss-reactive ketones (excluding diaryl/α,β-unsaturated/α-hetero) is 1. The fourth-order valence-electron chi connectivity index (χ4n) is 8.29. The summed E-state index contributed by atoms with van der Waals surface area (Å²) in [5.74, 6) is -3.22. The van der Waals surface area contributed by atoms with Crippen molar-refractivity contribution in [2.45, 2.75) is 126 Å². The lowest BCUT2D eigenvalue weighted by molar-refractivity contribution is -0.531. The zero-order valence-electron chi connectivity index (χ0n) is 25.3. The van der Waals surface area contributed by atoms with Crippen molar-refractivity contribution in [3.63, 3.8) is 0 Å². The van der Waals surface area contributed by atoms with Gasteiger partial charge in [-0.05, 0) is 43.9 Å². The summed E-state index contributed by atoms with van der Waals surface area (Å²) in [6.07, 6.45) is 13.9. The number of hydrogen-bond donors (Lipinski definition) is 4. The number of aliphatic hydroxyl groups is 4. The van der Waals surface area contributed by atoms with Gasteiger partial charge in [0, 0.05) is 11.8 Å². The largest absolute Gasteiger partial charge is 0.494 e. The Labute approximate surface area is 248 Å². The predicted octanol–water partition coefficient (Wildman–Crippen LogP) is 3.61. The van der Waals surface area contributed by atoms with Gasteiger partial charge in [0.1, 0.15) is 29.5 Å². The van der Waals surface area contributed by atoms with Crippen LogP contribution in [0, 0.1) is 17.8 Å². The van der Waals surface area contributed by atoms with Gasteiger partial charge in [-0.1, -0.05) is 77.2 Å². The highest BCUT2D eigenvalue weighted by atomic mass is 17.2. The average Bonchev–Trinajstić information content (AvgIpc) is 3.67. The number of carbonyl (C=O) groups excluding carboxylic acids is 1. The molecule has 42 heavy (non-hydrogen) atoms. The van der Waals surface area contributed by atoms with E-state index in [1.54, 1.807) is 32.9 Å². The molecule has 3 saturated heterocycles. The van der Waals surface area contributed by atoms with Gasteiger partial charge in [0.05, 0.1) is 24.9 Å². The van der Waals surface area contributed by atoms with Crippen LogP contribution in [0.3, 0.4) is 0 Å². The minimum atomic E-state index is -2.35. The van der Waals surface area contributed by atoms with Crippen molar-refractivity contribution in [3.8, 4) is 0 Å². The lowest BCUT2D eigenvalue weighted by Crippen LogP contribution is -2.81. The van der Waals surface area contributed by atoms with Gasteiger partial charge in [0.2, 0.25) is 0 Å². The third-order valence-electron chi connectivity index (χ3n) is 10.7. The monoisotopic (exact) mass is 588 g/mol. The first-order chi connectivity index (χ1) is 20.0. The summed E-state index contributed by atoms with van der Waals surface area (Å²) in [5, 5.41) is 45.7. The summed E-state index contributed by atoms with van der Waals surface area (Å²) in [6, 6.07) is 0. The molecule has 0 aromatic heterocycles. The second-order valence-corrected chi connectivity index (χ2v) is 13.1. The average molecular weight is 589 g/mol. The number of carbonyl (C=O) groups is 1. The SMILES string of the molecule is C=C(C)[C@]12OO[C@]3(C(C)C1O)C(C2O/C=C/C=C/CCCCCCCCC)[C@@H]1O[C@]1(CO)C(O)C1(O)C(=O)C(C)=C[C@H]13. The summed E-state index contributed by atoms with van der Waals surface area (Å²) >= 11 is 0. The maximum atomic E-state index is 13.4. The Bertz CT molecular complexity index is 1150. The van der Waals surface area contributed by atoms with Crippen molar-refractivity contribution < 1.29 is 44.5 Å². The van der Waals surface area contributed by atoms with Crippen LogP contribution in [0.25, 0.3) is 0 Å². The zero-order chi connectivity index (χ0) is 30.5. The number of rotatable bonds is 13. The van der Waals surface area contributed by atoms with E-state index in [1.807, 2.05) is 6.08 Å². The number of ether oxygens (including phenoxy) is 2. The standard InChI is InChI=1S/C33H48O9/c1-6-7-8-9-10-11-12-13-14-15-16-17-39-28-24-27-30(19-34,40-27)29(37)31(38)23(18-21(4)25(31)35)33(24)22(5)26(36)32(28,20(2)3)41-42-33/h14-18,22-24,26-29,34,36-38H,2,6-13,19H2,1,3-5H3/b15-14+,17-16+/t22?,23-,24?,26?,27+,28?,29?,30+,31?,32+,33+/m1/s1. The van der Waals surface area contributed by atoms with Crippen LogP contribution in [0.4, 0.5) is 0 Å². The summed E-state index contributed by atoms with van der Waals surface area (Å²) in [4.78, 5) is 25.6. The molecule has 5 fully saturated rings. The lowest BCUT2D eigenvalue weighted by atomic mass is 9.52. The van der Waals surface area contributed by atoms with Gasteiger partial charge < -0.3 is 29.9 Å². The zero-order valence-corrected chi connectivity index (χ0v) is 25.3. The van der Waals surface area contributed by atoms with Gasteiger partial charge in [-0.2, -0.15) is 0 Å². The molecular formula is C33H48O9. The highest BCUT2D eigenvalue weighted by Gasteiger charge is 2.87. The van der Waals surface area contributed by atoms with Gasteiger partial charge in [0.15, 0.2) is 17.0 Å². The summed E-state index contributed by atoms with van der Waals surface area (Å²) in [7, 11) is 0. The fourth-order valence-corrected chi connectivity index (χ4v) is 8.29. The van der Waals surface area contributed by atoms with Crippen LogP contribution in [-0.4, -0.2) is 79.6 Å². The van der Waals surface area contributed by atoms with E-state index < -0.39 is 77.0 Å². The first kappa shape index (κ1) is 31.6. The molecule has 3 aliphatic heterocycles. The number of unbranched alkanes of at least 4 members (excludes halogenated alkanes) is 7. The van der Waals surface area contributed by atoms with Crippen molar-refractivity contribution in [2.24, 2.45) is 17.8 Å². The summed E-state index contributed by atoms with van der Waals surface area (Å²) in [6.45, 7) is 10.7. The van der Waals surface area contributed by atoms with Gasteiger partial charge >= 0.3 is 0 Å². The van der Waals surface area contributed by atoms with E-state index in [0.717, 1.165) is 12.8 Å². The number of aliphatic hydroxyl groups excluding tert-OH is 3. The van der Waals surface area contributed by atoms with Crippen molar-refractivity contribution in [3.05, 3.63) is 48.3 Å².